The van der Waals surface area contributed by atoms with Crippen LogP contribution in [0.15, 0.2) is 48.5 Å². The molecule has 2 N–H and O–H groups in total. The van der Waals surface area contributed by atoms with E-state index < -0.39 is 0 Å². The molecule has 1 unspecified atom stereocenters. The van der Waals surface area contributed by atoms with E-state index in [4.69, 9.17) is 4.74 Å². The zero-order valence-electron chi connectivity index (χ0n) is 12.0. The van der Waals surface area contributed by atoms with Gasteiger partial charge < -0.3 is 15.2 Å². The van der Waals surface area contributed by atoms with Crippen molar-refractivity contribution in [2.45, 2.75) is 19.6 Å². The molecule has 0 bridgehead atoms. The topological polar surface area (TPSA) is 41.5 Å². The number of benzene rings is 2. The molecule has 0 aromatic heterocycles. The maximum atomic E-state index is 9.58. The smallest absolute Gasteiger partial charge is 0.0745 e. The number of aliphatic hydroxyl groups is 1. The maximum absolute atomic E-state index is 9.58. The van der Waals surface area contributed by atoms with Crippen LogP contribution < -0.4 is 5.32 Å². The molecule has 2 rings (SSSR count). The van der Waals surface area contributed by atoms with Crippen LogP contribution >= 0.6 is 0 Å². The molecule has 2 aromatic rings. The summed E-state index contributed by atoms with van der Waals surface area (Å²) in [5.74, 6) is 0. The van der Waals surface area contributed by atoms with Crippen molar-refractivity contribution in [1.29, 1.82) is 0 Å². The molecule has 3 nitrogen and oxygen atoms in total. The van der Waals surface area contributed by atoms with Crippen molar-refractivity contribution < 1.29 is 9.84 Å². The highest BCUT2D eigenvalue weighted by molar-refractivity contribution is 5.47. The molecule has 106 valence electrons. The van der Waals surface area contributed by atoms with Gasteiger partial charge in [-0.1, -0.05) is 42.0 Å². The Balaban J connectivity index is 2.09. The minimum Gasteiger partial charge on any atom is -0.394 e. The van der Waals surface area contributed by atoms with Crippen LogP contribution in [0.5, 0.6) is 0 Å². The average Bonchev–Trinajstić information content (AvgIpc) is 2.48. The number of methoxy groups -OCH3 is 1. The van der Waals surface area contributed by atoms with E-state index in [2.05, 4.69) is 24.4 Å². The van der Waals surface area contributed by atoms with E-state index in [-0.39, 0.29) is 12.6 Å². The number of hydrogen-bond acceptors (Lipinski definition) is 3. The van der Waals surface area contributed by atoms with Gasteiger partial charge >= 0.3 is 0 Å². The van der Waals surface area contributed by atoms with E-state index in [0.29, 0.717) is 6.61 Å². The summed E-state index contributed by atoms with van der Waals surface area (Å²) < 4.78 is 5.10. The van der Waals surface area contributed by atoms with Crippen LogP contribution in [-0.4, -0.2) is 18.8 Å². The van der Waals surface area contributed by atoms with Crippen molar-refractivity contribution in [1.82, 2.24) is 0 Å². The van der Waals surface area contributed by atoms with Crippen molar-refractivity contribution in [2.24, 2.45) is 0 Å². The van der Waals surface area contributed by atoms with Gasteiger partial charge in [-0.05, 0) is 30.2 Å². The SMILES string of the molecule is COCc1ccc(C(CO)Nc2ccc(C)cc2)cc1. The Kier molecular flexibility index (Phi) is 5.16. The first-order chi connectivity index (χ1) is 9.72. The highest BCUT2D eigenvalue weighted by atomic mass is 16.5. The summed E-state index contributed by atoms with van der Waals surface area (Å²) in [5, 5.41) is 12.9. The summed E-state index contributed by atoms with van der Waals surface area (Å²) in [4.78, 5) is 0. The summed E-state index contributed by atoms with van der Waals surface area (Å²) in [6, 6.07) is 16.2. The van der Waals surface area contributed by atoms with E-state index in [0.717, 1.165) is 16.8 Å². The van der Waals surface area contributed by atoms with Crippen molar-refractivity contribution in [3.63, 3.8) is 0 Å². The molecule has 0 aliphatic rings. The van der Waals surface area contributed by atoms with Crippen molar-refractivity contribution in [3.05, 3.63) is 65.2 Å². The second kappa shape index (κ2) is 7.08. The standard InChI is InChI=1S/C17H21NO2/c1-13-3-9-16(10-4-13)18-17(11-19)15-7-5-14(6-8-15)12-20-2/h3-10,17-19H,11-12H2,1-2H3. The van der Waals surface area contributed by atoms with Crippen molar-refractivity contribution in [2.75, 3.05) is 19.0 Å². The lowest BCUT2D eigenvalue weighted by atomic mass is 10.0. The predicted molar refractivity (Wildman–Crippen MR) is 81.8 cm³/mol. The lowest BCUT2D eigenvalue weighted by molar-refractivity contribution is 0.185. The summed E-state index contributed by atoms with van der Waals surface area (Å²) in [5.41, 5.74) is 4.42. The van der Waals surface area contributed by atoms with Gasteiger partial charge in [0.05, 0.1) is 19.3 Å². The molecule has 0 spiro atoms. The lowest BCUT2D eigenvalue weighted by Crippen LogP contribution is -2.14. The summed E-state index contributed by atoms with van der Waals surface area (Å²) >= 11 is 0. The zero-order chi connectivity index (χ0) is 14.4. The maximum Gasteiger partial charge on any atom is 0.0745 e. The Morgan fingerprint density at radius 3 is 2.25 bits per heavy atom. The van der Waals surface area contributed by atoms with Gasteiger partial charge in [0.1, 0.15) is 0 Å². The number of rotatable bonds is 6. The van der Waals surface area contributed by atoms with E-state index in [1.807, 2.05) is 36.4 Å². The summed E-state index contributed by atoms with van der Waals surface area (Å²) in [6.45, 7) is 2.72. The second-order valence-electron chi connectivity index (χ2n) is 4.92. The van der Waals surface area contributed by atoms with Gasteiger partial charge in [0.15, 0.2) is 0 Å². The van der Waals surface area contributed by atoms with Gasteiger partial charge in [-0.25, -0.2) is 0 Å². The molecule has 0 aliphatic heterocycles. The number of nitrogens with one attached hydrogen (secondary N) is 1. The summed E-state index contributed by atoms with van der Waals surface area (Å²) in [7, 11) is 1.68. The molecular weight excluding hydrogens is 250 g/mol. The molecule has 0 amide bonds. The van der Waals surface area contributed by atoms with Gasteiger partial charge in [-0.15, -0.1) is 0 Å². The fourth-order valence-corrected chi connectivity index (χ4v) is 2.10. The Morgan fingerprint density at radius 1 is 1.05 bits per heavy atom. The van der Waals surface area contributed by atoms with Gasteiger partial charge in [0.2, 0.25) is 0 Å². The number of ether oxygens (including phenoxy) is 1. The molecule has 0 radical (unpaired) electrons. The second-order valence-corrected chi connectivity index (χ2v) is 4.92. The molecule has 2 aromatic carbocycles. The van der Waals surface area contributed by atoms with Crippen LogP contribution in [-0.2, 0) is 11.3 Å². The van der Waals surface area contributed by atoms with Crippen LogP contribution in [0.25, 0.3) is 0 Å². The van der Waals surface area contributed by atoms with Crippen LogP contribution in [0.3, 0.4) is 0 Å². The lowest BCUT2D eigenvalue weighted by Gasteiger charge is -2.18. The third kappa shape index (κ3) is 3.83. The Bertz CT molecular complexity index is 520. The first-order valence-electron chi connectivity index (χ1n) is 6.75. The molecule has 1 atom stereocenters. The molecule has 0 aliphatic carbocycles. The van der Waals surface area contributed by atoms with E-state index in [1.165, 1.54) is 5.56 Å². The third-order valence-corrected chi connectivity index (χ3v) is 3.27. The molecule has 20 heavy (non-hydrogen) atoms. The van der Waals surface area contributed by atoms with Gasteiger partial charge in [0, 0.05) is 12.8 Å². The van der Waals surface area contributed by atoms with E-state index >= 15 is 0 Å². The summed E-state index contributed by atoms with van der Waals surface area (Å²) in [6.07, 6.45) is 0. The monoisotopic (exact) mass is 271 g/mol. The molecular formula is C17H21NO2. The molecule has 0 fully saturated rings. The first-order valence-corrected chi connectivity index (χ1v) is 6.75. The van der Waals surface area contributed by atoms with Crippen molar-refractivity contribution >= 4 is 5.69 Å². The highest BCUT2D eigenvalue weighted by Gasteiger charge is 2.10. The van der Waals surface area contributed by atoms with Crippen LogP contribution in [0.2, 0.25) is 0 Å². The van der Waals surface area contributed by atoms with Crippen molar-refractivity contribution in [3.8, 4) is 0 Å². The third-order valence-electron chi connectivity index (χ3n) is 3.27. The predicted octanol–water partition coefficient (Wildman–Crippen LogP) is 3.29. The number of hydrogen-bond donors (Lipinski definition) is 2. The van der Waals surface area contributed by atoms with Crippen LogP contribution in [0, 0.1) is 6.92 Å². The van der Waals surface area contributed by atoms with Crippen LogP contribution in [0.1, 0.15) is 22.7 Å². The zero-order valence-corrected chi connectivity index (χ0v) is 12.0. The Hall–Kier alpha value is -1.84. The fourth-order valence-electron chi connectivity index (χ4n) is 2.10. The normalized spacial score (nSPS) is 12.2. The molecule has 0 heterocycles. The number of aryl methyl sites for hydroxylation is 1. The number of aliphatic hydroxyl groups excluding tert-OH is 1. The Labute approximate surface area is 120 Å². The highest BCUT2D eigenvalue weighted by Crippen LogP contribution is 2.20. The first kappa shape index (κ1) is 14.6. The average molecular weight is 271 g/mol. The van der Waals surface area contributed by atoms with E-state index in [9.17, 15) is 5.11 Å². The Morgan fingerprint density at radius 2 is 1.70 bits per heavy atom. The fraction of sp³-hybridized carbons (Fsp3) is 0.294. The molecule has 3 heteroatoms. The quantitative estimate of drug-likeness (QED) is 0.847. The number of anilines is 1. The van der Waals surface area contributed by atoms with Gasteiger partial charge in [0.25, 0.3) is 0 Å². The minimum absolute atomic E-state index is 0.0531. The molecule has 0 saturated heterocycles. The molecule has 0 saturated carbocycles. The largest absolute Gasteiger partial charge is 0.394 e. The minimum atomic E-state index is -0.102. The van der Waals surface area contributed by atoms with Gasteiger partial charge in [-0.3, -0.25) is 0 Å². The van der Waals surface area contributed by atoms with Crippen LogP contribution in [0.4, 0.5) is 5.69 Å². The van der Waals surface area contributed by atoms with Gasteiger partial charge in [-0.2, -0.15) is 0 Å². The van der Waals surface area contributed by atoms with E-state index in [1.54, 1.807) is 7.11 Å².